The van der Waals surface area contributed by atoms with Crippen LogP contribution in [0.1, 0.15) is 34.9 Å². The van der Waals surface area contributed by atoms with Crippen molar-refractivity contribution in [3.05, 3.63) is 65.0 Å². The molecule has 2 aromatic carbocycles. The van der Waals surface area contributed by atoms with E-state index in [9.17, 15) is 18.0 Å². The van der Waals surface area contributed by atoms with E-state index in [0.717, 1.165) is 28.8 Å². The van der Waals surface area contributed by atoms with E-state index in [1.165, 1.54) is 17.0 Å². The van der Waals surface area contributed by atoms with Gasteiger partial charge in [-0.05, 0) is 43.7 Å². The first-order chi connectivity index (χ1) is 13.7. The number of aryl methyl sites for hydroxylation is 2. The van der Waals surface area contributed by atoms with Gasteiger partial charge in [0.25, 0.3) is 0 Å². The molecule has 0 spiro atoms. The molecule has 0 aliphatic carbocycles. The number of halogens is 3. The average Bonchev–Trinajstić information content (AvgIpc) is 3.28. The third-order valence-electron chi connectivity index (χ3n) is 5.05. The maximum absolute atomic E-state index is 12.7. The lowest BCUT2D eigenvalue weighted by molar-refractivity contribution is -0.137. The number of hydrogen-bond acceptors (Lipinski definition) is 4. The van der Waals surface area contributed by atoms with Crippen molar-refractivity contribution in [1.29, 1.82) is 0 Å². The summed E-state index contributed by atoms with van der Waals surface area (Å²) < 4.78 is 43.6. The number of nitrogens with zero attached hydrogens (tertiary/aromatic N) is 3. The highest BCUT2D eigenvalue weighted by molar-refractivity contribution is 5.96. The maximum Gasteiger partial charge on any atom is 0.416 e. The largest absolute Gasteiger partial charge is 0.416 e. The van der Waals surface area contributed by atoms with Gasteiger partial charge in [-0.15, -0.1) is 0 Å². The molecule has 29 heavy (non-hydrogen) atoms. The SMILES string of the molecule is Cc1ccc(-c2noc(C3CC(=O)N(c4ccc(C(F)(F)F)cc4)C3)n2)c(C)c1. The molecule has 0 bridgehead atoms. The number of carbonyl (C=O) groups excluding carboxylic acids is 1. The second kappa shape index (κ2) is 7.02. The molecule has 1 aliphatic heterocycles. The Kier molecular flexibility index (Phi) is 4.64. The summed E-state index contributed by atoms with van der Waals surface area (Å²) in [5.74, 6) is 0.304. The van der Waals surface area contributed by atoms with Crippen LogP contribution in [-0.4, -0.2) is 22.6 Å². The van der Waals surface area contributed by atoms with Gasteiger partial charge in [0, 0.05) is 24.2 Å². The first-order valence-electron chi connectivity index (χ1n) is 9.11. The van der Waals surface area contributed by atoms with Crippen LogP contribution in [0.5, 0.6) is 0 Å². The van der Waals surface area contributed by atoms with Crippen LogP contribution >= 0.6 is 0 Å². The minimum absolute atomic E-state index is 0.162. The smallest absolute Gasteiger partial charge is 0.339 e. The van der Waals surface area contributed by atoms with Crippen molar-refractivity contribution in [2.24, 2.45) is 0 Å². The topological polar surface area (TPSA) is 59.2 Å². The number of carbonyl (C=O) groups is 1. The molecule has 1 unspecified atom stereocenters. The maximum atomic E-state index is 12.7. The lowest BCUT2D eigenvalue weighted by Gasteiger charge is -2.17. The van der Waals surface area contributed by atoms with Gasteiger partial charge >= 0.3 is 6.18 Å². The molecule has 2 heterocycles. The van der Waals surface area contributed by atoms with Crippen molar-refractivity contribution in [3.8, 4) is 11.4 Å². The van der Waals surface area contributed by atoms with E-state index in [4.69, 9.17) is 4.52 Å². The van der Waals surface area contributed by atoms with E-state index in [2.05, 4.69) is 10.1 Å². The second-order valence-electron chi connectivity index (χ2n) is 7.22. The lowest BCUT2D eigenvalue weighted by Crippen LogP contribution is -2.24. The average molecular weight is 401 g/mol. The quantitative estimate of drug-likeness (QED) is 0.627. The molecule has 3 aromatic rings. The van der Waals surface area contributed by atoms with Crippen molar-refractivity contribution < 1.29 is 22.5 Å². The number of benzene rings is 2. The van der Waals surface area contributed by atoms with Gasteiger partial charge in [-0.1, -0.05) is 28.9 Å². The first kappa shape index (κ1) is 19.2. The minimum Gasteiger partial charge on any atom is -0.339 e. The number of alkyl halides is 3. The highest BCUT2D eigenvalue weighted by Crippen LogP contribution is 2.35. The number of hydrogen-bond donors (Lipinski definition) is 0. The van der Waals surface area contributed by atoms with E-state index in [1.54, 1.807) is 0 Å². The Morgan fingerprint density at radius 3 is 2.48 bits per heavy atom. The van der Waals surface area contributed by atoms with Gasteiger partial charge in [0.05, 0.1) is 11.5 Å². The summed E-state index contributed by atoms with van der Waals surface area (Å²) in [5.41, 5.74) is 2.67. The fraction of sp³-hybridized carbons (Fsp3) is 0.286. The summed E-state index contributed by atoms with van der Waals surface area (Å²) in [6.45, 7) is 4.24. The Balaban J connectivity index is 1.53. The zero-order valence-electron chi connectivity index (χ0n) is 15.8. The van der Waals surface area contributed by atoms with Gasteiger partial charge in [-0.2, -0.15) is 18.2 Å². The number of amides is 1. The second-order valence-corrected chi connectivity index (χ2v) is 7.22. The summed E-state index contributed by atoms with van der Waals surface area (Å²) in [5, 5.41) is 4.04. The van der Waals surface area contributed by atoms with Crippen LogP contribution in [0.25, 0.3) is 11.4 Å². The summed E-state index contributed by atoms with van der Waals surface area (Å²) in [7, 11) is 0. The zero-order valence-corrected chi connectivity index (χ0v) is 15.8. The van der Waals surface area contributed by atoms with Gasteiger partial charge in [0.15, 0.2) is 0 Å². The Morgan fingerprint density at radius 1 is 1.10 bits per heavy atom. The normalized spacial score (nSPS) is 17.2. The molecular weight excluding hydrogens is 383 g/mol. The highest BCUT2D eigenvalue weighted by Gasteiger charge is 2.36. The molecule has 0 radical (unpaired) electrons. The molecule has 4 rings (SSSR count). The highest BCUT2D eigenvalue weighted by atomic mass is 19.4. The van der Waals surface area contributed by atoms with Gasteiger partial charge in [0.1, 0.15) is 0 Å². The predicted octanol–water partition coefficient (Wildman–Crippen LogP) is 4.89. The molecule has 1 atom stereocenters. The standard InChI is InChI=1S/C21H18F3N3O2/c1-12-3-8-17(13(2)9-12)19-25-20(29-26-19)14-10-18(28)27(11-14)16-6-4-15(5-7-16)21(22,23)24/h3-9,14H,10-11H2,1-2H3. The molecule has 1 amide bonds. The van der Waals surface area contributed by atoms with Crippen LogP contribution in [0.4, 0.5) is 18.9 Å². The number of rotatable bonds is 3. The predicted molar refractivity (Wildman–Crippen MR) is 100 cm³/mol. The van der Waals surface area contributed by atoms with Crippen LogP contribution in [0.2, 0.25) is 0 Å². The van der Waals surface area contributed by atoms with Crippen molar-refractivity contribution in [1.82, 2.24) is 10.1 Å². The van der Waals surface area contributed by atoms with E-state index < -0.39 is 11.7 Å². The van der Waals surface area contributed by atoms with Crippen molar-refractivity contribution in [2.75, 3.05) is 11.4 Å². The molecule has 8 heteroatoms. The Hall–Kier alpha value is -3.16. The third-order valence-corrected chi connectivity index (χ3v) is 5.05. The minimum atomic E-state index is -4.41. The van der Waals surface area contributed by atoms with Crippen LogP contribution in [0.3, 0.4) is 0 Å². The summed E-state index contributed by atoms with van der Waals surface area (Å²) >= 11 is 0. The molecule has 1 fully saturated rings. The third kappa shape index (κ3) is 3.74. The van der Waals surface area contributed by atoms with E-state index in [-0.39, 0.29) is 24.8 Å². The van der Waals surface area contributed by atoms with E-state index >= 15 is 0 Å². The fourth-order valence-corrected chi connectivity index (χ4v) is 3.53. The van der Waals surface area contributed by atoms with Gasteiger partial charge in [-0.3, -0.25) is 4.79 Å². The van der Waals surface area contributed by atoms with E-state index in [1.807, 2.05) is 32.0 Å². The van der Waals surface area contributed by atoms with E-state index in [0.29, 0.717) is 17.4 Å². The van der Waals surface area contributed by atoms with Gasteiger partial charge < -0.3 is 9.42 Å². The van der Waals surface area contributed by atoms with Crippen molar-refractivity contribution in [2.45, 2.75) is 32.4 Å². The molecular formula is C21H18F3N3O2. The number of anilines is 1. The molecule has 0 N–H and O–H groups in total. The van der Waals surface area contributed by atoms with Gasteiger partial charge in [-0.25, -0.2) is 0 Å². The Morgan fingerprint density at radius 2 is 1.83 bits per heavy atom. The molecule has 1 saturated heterocycles. The van der Waals surface area contributed by atoms with Crippen LogP contribution < -0.4 is 4.90 Å². The zero-order chi connectivity index (χ0) is 20.8. The molecule has 1 aromatic heterocycles. The molecule has 5 nitrogen and oxygen atoms in total. The van der Waals surface area contributed by atoms with Crippen molar-refractivity contribution in [3.63, 3.8) is 0 Å². The summed E-state index contributed by atoms with van der Waals surface area (Å²) in [6, 6.07) is 10.5. The van der Waals surface area contributed by atoms with Crippen LogP contribution in [-0.2, 0) is 11.0 Å². The lowest BCUT2D eigenvalue weighted by atomic mass is 10.1. The molecule has 0 saturated carbocycles. The molecule has 1 aliphatic rings. The summed E-state index contributed by atoms with van der Waals surface area (Å²) in [4.78, 5) is 18.3. The van der Waals surface area contributed by atoms with Crippen LogP contribution in [0, 0.1) is 13.8 Å². The fourth-order valence-electron chi connectivity index (χ4n) is 3.53. The molecule has 150 valence electrons. The summed E-state index contributed by atoms with van der Waals surface area (Å²) in [6.07, 6.45) is -4.25. The number of aromatic nitrogens is 2. The monoisotopic (exact) mass is 401 g/mol. The Bertz CT molecular complexity index is 1060. The van der Waals surface area contributed by atoms with Gasteiger partial charge in [0.2, 0.25) is 17.6 Å². The Labute approximate surface area is 165 Å². The first-order valence-corrected chi connectivity index (χ1v) is 9.11. The van der Waals surface area contributed by atoms with Crippen molar-refractivity contribution >= 4 is 11.6 Å². The van der Waals surface area contributed by atoms with Crippen LogP contribution in [0.15, 0.2) is 47.0 Å².